The van der Waals surface area contributed by atoms with Crippen molar-refractivity contribution in [2.45, 2.75) is 6.42 Å². The van der Waals surface area contributed by atoms with E-state index in [1.165, 1.54) is 22.0 Å². The Balaban J connectivity index is 1.37. The van der Waals surface area contributed by atoms with Gasteiger partial charge in [0, 0.05) is 43.8 Å². The molecule has 1 fully saturated rings. The van der Waals surface area contributed by atoms with Gasteiger partial charge in [-0.25, -0.2) is 0 Å². The number of piperazine rings is 1. The molecule has 4 N–H and O–H groups in total. The van der Waals surface area contributed by atoms with Crippen LogP contribution in [0.15, 0.2) is 60.7 Å². The summed E-state index contributed by atoms with van der Waals surface area (Å²) in [6.07, 6.45) is 1.01. The number of nitrogens with zero attached hydrogens (tertiary/aromatic N) is 2. The van der Waals surface area contributed by atoms with Crippen molar-refractivity contribution >= 4 is 27.8 Å². The molecule has 3 aromatic carbocycles. The average molecular weight is 346 g/mol. The van der Waals surface area contributed by atoms with Gasteiger partial charge in [0.25, 0.3) is 0 Å². The summed E-state index contributed by atoms with van der Waals surface area (Å²) in [5.74, 6) is 0. The Morgan fingerprint density at radius 3 is 2.35 bits per heavy atom. The molecular formula is C22H26N4. The summed E-state index contributed by atoms with van der Waals surface area (Å²) in [5, 5.41) is 2.66. The Morgan fingerprint density at radius 1 is 0.769 bits per heavy atom. The maximum Gasteiger partial charge on any atom is 0.0550 e. The van der Waals surface area contributed by atoms with E-state index >= 15 is 0 Å². The van der Waals surface area contributed by atoms with Crippen molar-refractivity contribution in [3.05, 3.63) is 66.2 Å². The molecule has 0 spiro atoms. The summed E-state index contributed by atoms with van der Waals surface area (Å²) < 4.78 is 0. The second-order valence-electron chi connectivity index (χ2n) is 7.04. The molecule has 3 aromatic rings. The lowest BCUT2D eigenvalue weighted by Gasteiger charge is -2.36. The molecule has 0 unspecified atom stereocenters. The molecule has 1 aliphatic heterocycles. The molecule has 0 atom stereocenters. The third kappa shape index (κ3) is 3.46. The summed E-state index contributed by atoms with van der Waals surface area (Å²) in [4.78, 5) is 5.05. The largest absolute Gasteiger partial charge is 0.397 e. The van der Waals surface area contributed by atoms with Crippen LogP contribution >= 0.6 is 0 Å². The van der Waals surface area contributed by atoms with E-state index in [0.29, 0.717) is 11.4 Å². The van der Waals surface area contributed by atoms with Crippen molar-refractivity contribution in [3.8, 4) is 0 Å². The standard InChI is InChI=1S/C22H26N4/c23-20-9-8-17(16-21(20)24)10-11-25-12-14-26(15-13-25)22-7-3-5-18-4-1-2-6-19(18)22/h1-9,16H,10-15,23-24H2. The highest BCUT2D eigenvalue weighted by molar-refractivity contribution is 5.94. The maximum atomic E-state index is 5.91. The van der Waals surface area contributed by atoms with Gasteiger partial charge in [0.05, 0.1) is 11.4 Å². The second kappa shape index (κ2) is 7.26. The molecule has 4 heteroatoms. The molecule has 1 saturated heterocycles. The van der Waals surface area contributed by atoms with Crippen LogP contribution in [0.25, 0.3) is 10.8 Å². The highest BCUT2D eigenvalue weighted by atomic mass is 15.3. The van der Waals surface area contributed by atoms with Crippen molar-refractivity contribution in [2.75, 3.05) is 49.1 Å². The zero-order valence-corrected chi connectivity index (χ0v) is 15.1. The van der Waals surface area contributed by atoms with Gasteiger partial charge < -0.3 is 16.4 Å². The van der Waals surface area contributed by atoms with E-state index in [0.717, 1.165) is 39.1 Å². The van der Waals surface area contributed by atoms with E-state index in [-0.39, 0.29) is 0 Å². The Hall–Kier alpha value is -2.72. The summed E-state index contributed by atoms with van der Waals surface area (Å²) in [5.41, 5.74) is 15.7. The normalized spacial score (nSPS) is 15.5. The van der Waals surface area contributed by atoms with Crippen LogP contribution in [0.4, 0.5) is 17.1 Å². The fraction of sp³-hybridized carbons (Fsp3) is 0.273. The van der Waals surface area contributed by atoms with Crippen LogP contribution in [0.2, 0.25) is 0 Å². The number of anilines is 3. The molecule has 1 aliphatic rings. The average Bonchev–Trinajstić information content (AvgIpc) is 2.69. The lowest BCUT2D eigenvalue weighted by atomic mass is 10.1. The smallest absolute Gasteiger partial charge is 0.0550 e. The number of nitrogen functional groups attached to an aromatic ring is 2. The van der Waals surface area contributed by atoms with Gasteiger partial charge in [-0.05, 0) is 35.6 Å². The Kier molecular flexibility index (Phi) is 4.67. The Bertz CT molecular complexity index is 892. The molecule has 26 heavy (non-hydrogen) atoms. The van der Waals surface area contributed by atoms with E-state index in [1.807, 2.05) is 12.1 Å². The monoisotopic (exact) mass is 346 g/mol. The first-order chi connectivity index (χ1) is 12.7. The molecule has 0 bridgehead atoms. The minimum atomic E-state index is 0.664. The summed E-state index contributed by atoms with van der Waals surface area (Å²) in [7, 11) is 0. The molecule has 0 amide bonds. The quantitative estimate of drug-likeness (QED) is 0.711. The van der Waals surface area contributed by atoms with Gasteiger partial charge in [-0.1, -0.05) is 42.5 Å². The summed E-state index contributed by atoms with van der Waals surface area (Å²) >= 11 is 0. The molecule has 4 rings (SSSR count). The van der Waals surface area contributed by atoms with Gasteiger partial charge in [-0.15, -0.1) is 0 Å². The predicted molar refractivity (Wildman–Crippen MR) is 112 cm³/mol. The SMILES string of the molecule is Nc1ccc(CCN2CCN(c3cccc4ccccc34)CC2)cc1N. The van der Waals surface area contributed by atoms with Gasteiger partial charge in [-0.3, -0.25) is 4.90 Å². The Morgan fingerprint density at radius 2 is 1.54 bits per heavy atom. The fourth-order valence-corrected chi connectivity index (χ4v) is 3.76. The second-order valence-corrected chi connectivity index (χ2v) is 7.04. The number of rotatable bonds is 4. The highest BCUT2D eigenvalue weighted by Crippen LogP contribution is 2.27. The van der Waals surface area contributed by atoms with Gasteiger partial charge in [-0.2, -0.15) is 0 Å². The van der Waals surface area contributed by atoms with Crippen molar-refractivity contribution in [1.29, 1.82) is 0 Å². The number of hydrogen-bond acceptors (Lipinski definition) is 4. The lowest BCUT2D eigenvalue weighted by Crippen LogP contribution is -2.47. The van der Waals surface area contributed by atoms with E-state index in [4.69, 9.17) is 11.5 Å². The minimum absolute atomic E-state index is 0.664. The minimum Gasteiger partial charge on any atom is -0.397 e. The zero-order chi connectivity index (χ0) is 17.9. The fourth-order valence-electron chi connectivity index (χ4n) is 3.76. The van der Waals surface area contributed by atoms with Crippen LogP contribution in [0.1, 0.15) is 5.56 Å². The van der Waals surface area contributed by atoms with Crippen LogP contribution < -0.4 is 16.4 Å². The lowest BCUT2D eigenvalue weighted by molar-refractivity contribution is 0.261. The maximum absolute atomic E-state index is 5.91. The van der Waals surface area contributed by atoms with Crippen LogP contribution in [0.5, 0.6) is 0 Å². The zero-order valence-electron chi connectivity index (χ0n) is 15.1. The first kappa shape index (κ1) is 16.7. The van der Waals surface area contributed by atoms with Crippen molar-refractivity contribution < 1.29 is 0 Å². The number of benzene rings is 3. The van der Waals surface area contributed by atoms with Gasteiger partial charge in [0.2, 0.25) is 0 Å². The molecule has 0 saturated carbocycles. The van der Waals surface area contributed by atoms with E-state index in [1.54, 1.807) is 0 Å². The topological polar surface area (TPSA) is 58.5 Å². The molecule has 0 aliphatic carbocycles. The number of fused-ring (bicyclic) bond motifs is 1. The van der Waals surface area contributed by atoms with E-state index in [9.17, 15) is 0 Å². The molecule has 0 aromatic heterocycles. The van der Waals surface area contributed by atoms with Gasteiger partial charge in [0.15, 0.2) is 0 Å². The van der Waals surface area contributed by atoms with Crippen molar-refractivity contribution in [3.63, 3.8) is 0 Å². The first-order valence-corrected chi connectivity index (χ1v) is 9.30. The molecule has 0 radical (unpaired) electrons. The van der Waals surface area contributed by atoms with Crippen molar-refractivity contribution in [2.24, 2.45) is 0 Å². The van der Waals surface area contributed by atoms with Crippen LogP contribution in [-0.4, -0.2) is 37.6 Å². The first-order valence-electron chi connectivity index (χ1n) is 9.30. The molecule has 134 valence electrons. The van der Waals surface area contributed by atoms with E-state index < -0.39 is 0 Å². The van der Waals surface area contributed by atoms with Gasteiger partial charge >= 0.3 is 0 Å². The third-order valence-electron chi connectivity index (χ3n) is 5.35. The van der Waals surface area contributed by atoms with Crippen LogP contribution in [0.3, 0.4) is 0 Å². The number of nitrogens with two attached hydrogens (primary N) is 2. The van der Waals surface area contributed by atoms with Gasteiger partial charge in [0.1, 0.15) is 0 Å². The molecular weight excluding hydrogens is 320 g/mol. The van der Waals surface area contributed by atoms with Crippen LogP contribution in [-0.2, 0) is 6.42 Å². The summed E-state index contributed by atoms with van der Waals surface area (Å²) in [6, 6.07) is 21.2. The predicted octanol–water partition coefficient (Wildman–Crippen LogP) is 3.37. The third-order valence-corrected chi connectivity index (χ3v) is 5.35. The number of hydrogen-bond donors (Lipinski definition) is 2. The van der Waals surface area contributed by atoms with Crippen LogP contribution in [0, 0.1) is 0 Å². The Labute approximate surface area is 155 Å². The van der Waals surface area contributed by atoms with Crippen molar-refractivity contribution in [1.82, 2.24) is 4.90 Å². The molecule has 1 heterocycles. The molecule has 4 nitrogen and oxygen atoms in total. The van der Waals surface area contributed by atoms with E-state index in [2.05, 4.69) is 58.3 Å². The highest BCUT2D eigenvalue weighted by Gasteiger charge is 2.18. The summed E-state index contributed by atoms with van der Waals surface area (Å²) in [6.45, 7) is 5.38.